The smallest absolute Gasteiger partial charge is 0.653 e. The molecule has 1 aromatic carbocycles. The zero-order valence-corrected chi connectivity index (χ0v) is 18.2. The molecule has 134 valence electrons. The summed E-state index contributed by atoms with van der Waals surface area (Å²) >= 11 is 0. The number of nitrogens with one attached hydrogen (secondary N) is 1. The Morgan fingerprint density at radius 1 is 1.27 bits per heavy atom. The van der Waals surface area contributed by atoms with Gasteiger partial charge in [-0.2, -0.15) is 0 Å². The Kier molecular flexibility index (Phi) is 8.37. The van der Waals surface area contributed by atoms with Crippen LogP contribution in [0.1, 0.15) is 17.7 Å². The van der Waals surface area contributed by atoms with Gasteiger partial charge in [0.25, 0.3) is 0 Å². The Hall–Kier alpha value is -1.12. The van der Waals surface area contributed by atoms with Gasteiger partial charge in [-0.25, -0.2) is 0 Å². The second kappa shape index (κ2) is 10.3. The van der Waals surface area contributed by atoms with Crippen LogP contribution in [0, 0.1) is 6.92 Å². The van der Waals surface area contributed by atoms with E-state index >= 15 is 0 Å². The molecule has 1 N–H and O–H groups in total. The average molecular weight is 383 g/mol. The molecule has 8 heteroatoms. The topological polar surface area (TPSA) is 74.5 Å². The van der Waals surface area contributed by atoms with Crippen LogP contribution < -0.4 is 39.6 Å². The summed E-state index contributed by atoms with van der Waals surface area (Å²) in [7, 11) is 0.456. The number of ether oxygens (including phenoxy) is 2. The molecule has 2 aromatic rings. The van der Waals surface area contributed by atoms with Crippen LogP contribution in [0.2, 0.25) is 0 Å². The molecule has 0 fully saturated rings. The molecule has 0 saturated carbocycles. The number of benzene rings is 1. The maximum atomic E-state index is 12.7. The van der Waals surface area contributed by atoms with Crippen molar-refractivity contribution in [2.45, 2.75) is 24.6 Å². The third-order valence-electron chi connectivity index (χ3n) is 3.98. The Morgan fingerprint density at radius 2 is 2.08 bits per heavy atom. The van der Waals surface area contributed by atoms with Gasteiger partial charge >= 0.3 is 29.6 Å². The van der Waals surface area contributed by atoms with Crippen molar-refractivity contribution in [2.24, 2.45) is 0 Å². The average Bonchev–Trinajstić information content (AvgIpc) is 3.06. The molecule has 0 radical (unpaired) electrons. The first-order valence-electron chi connectivity index (χ1n) is 8.19. The van der Waals surface area contributed by atoms with Crippen LogP contribution in [-0.2, 0) is 21.3 Å². The van der Waals surface area contributed by atoms with Crippen LogP contribution in [-0.4, -0.2) is 35.0 Å². The van der Waals surface area contributed by atoms with Crippen molar-refractivity contribution >= 4 is 22.2 Å². The summed E-state index contributed by atoms with van der Waals surface area (Å²) in [6.45, 7) is 3.19. The van der Waals surface area contributed by atoms with Crippen molar-refractivity contribution < 1.29 is 43.2 Å². The van der Waals surface area contributed by atoms with Crippen molar-refractivity contribution in [3.05, 3.63) is 53.1 Å². The molecule has 26 heavy (non-hydrogen) atoms. The molecule has 1 aliphatic rings. The van der Waals surface area contributed by atoms with E-state index in [1.165, 1.54) is 0 Å². The van der Waals surface area contributed by atoms with E-state index in [0.717, 1.165) is 34.8 Å². The van der Waals surface area contributed by atoms with Crippen LogP contribution in [0.25, 0.3) is 5.32 Å². The van der Waals surface area contributed by atoms with Crippen LogP contribution in [0.5, 0.6) is 5.75 Å². The molecular weight excluding hydrogens is 361 g/mol. The summed E-state index contributed by atoms with van der Waals surface area (Å²) in [6, 6.07) is 9.54. The first-order chi connectivity index (χ1) is 12.2. The van der Waals surface area contributed by atoms with Crippen LogP contribution >= 0.6 is 0 Å². The number of methoxy groups -OCH3 is 1. The first-order valence-corrected chi connectivity index (χ1v) is 9.57. The van der Waals surface area contributed by atoms with Gasteiger partial charge in [-0.05, 0) is 19.1 Å². The fourth-order valence-corrected chi connectivity index (χ4v) is 3.79. The standard InChI is InChI=1S/C18H22N3O3S.Na/c1-13-16(19-9-8-17(13)24-11-5-10-23-2)12-25(22)18-20-14-6-3-4-7-15(14)21-18;/h3-4,6-9,18,20H,5,10-12H2,1-2H3;/q-1;+1. The molecule has 2 unspecified atom stereocenters. The second-order valence-electron chi connectivity index (χ2n) is 5.74. The molecular formula is C18H22N3NaO3S. The van der Waals surface area contributed by atoms with E-state index < -0.39 is 16.3 Å². The molecule has 1 aromatic heterocycles. The van der Waals surface area contributed by atoms with Crippen LogP contribution in [0.15, 0.2) is 36.5 Å². The molecule has 0 aliphatic carbocycles. The Labute approximate surface area is 178 Å². The molecule has 6 nitrogen and oxygen atoms in total. The minimum absolute atomic E-state index is 0. The predicted molar refractivity (Wildman–Crippen MR) is 99.7 cm³/mol. The van der Waals surface area contributed by atoms with Gasteiger partial charge in [0, 0.05) is 53.9 Å². The Morgan fingerprint density at radius 3 is 2.85 bits per heavy atom. The van der Waals surface area contributed by atoms with Gasteiger partial charge in [0.2, 0.25) is 0 Å². The molecule has 1 aliphatic heterocycles. The number of para-hydroxylation sites is 2. The van der Waals surface area contributed by atoms with E-state index in [9.17, 15) is 4.21 Å². The number of aromatic nitrogens is 1. The monoisotopic (exact) mass is 383 g/mol. The van der Waals surface area contributed by atoms with E-state index in [1.807, 2.05) is 37.3 Å². The van der Waals surface area contributed by atoms with Gasteiger partial charge in [-0.3, -0.25) is 9.19 Å². The fourth-order valence-electron chi connectivity index (χ4n) is 2.58. The summed E-state index contributed by atoms with van der Waals surface area (Å²) in [6.07, 6.45) is 2.52. The van der Waals surface area contributed by atoms with Gasteiger partial charge in [-0.1, -0.05) is 18.2 Å². The van der Waals surface area contributed by atoms with Gasteiger partial charge < -0.3 is 20.1 Å². The molecule has 0 bridgehead atoms. The minimum atomic E-state index is -1.22. The first kappa shape index (κ1) is 21.2. The number of rotatable bonds is 8. The predicted octanol–water partition coefficient (Wildman–Crippen LogP) is 0.473. The molecule has 2 heterocycles. The number of anilines is 1. The van der Waals surface area contributed by atoms with E-state index in [2.05, 4.69) is 15.6 Å². The minimum Gasteiger partial charge on any atom is -0.653 e. The number of hydrogen-bond donors (Lipinski definition) is 1. The summed E-state index contributed by atoms with van der Waals surface area (Å²) in [5, 5.41) is 7.68. The number of pyridine rings is 1. The van der Waals surface area contributed by atoms with Crippen molar-refractivity contribution in [3.63, 3.8) is 0 Å². The van der Waals surface area contributed by atoms with Gasteiger partial charge in [0.15, 0.2) is 0 Å². The normalized spacial score (nSPS) is 16.0. The maximum Gasteiger partial charge on any atom is 1.00 e. The maximum absolute atomic E-state index is 12.7. The van der Waals surface area contributed by atoms with Crippen molar-refractivity contribution in [2.75, 3.05) is 25.6 Å². The van der Waals surface area contributed by atoms with Gasteiger partial charge in [0.05, 0.1) is 18.1 Å². The molecule has 3 rings (SSSR count). The van der Waals surface area contributed by atoms with Gasteiger partial charge in [0.1, 0.15) is 5.75 Å². The molecule has 0 spiro atoms. The second-order valence-corrected chi connectivity index (χ2v) is 7.24. The molecule has 0 saturated heterocycles. The SMILES string of the molecule is COCCCOc1ccnc(CS(=O)C2[N-]c3ccccc3N2)c1C.[Na+]. The van der Waals surface area contributed by atoms with Crippen molar-refractivity contribution in [1.82, 2.24) is 4.98 Å². The van der Waals surface area contributed by atoms with Crippen LogP contribution in [0.3, 0.4) is 0 Å². The number of nitrogens with zero attached hydrogens (tertiary/aromatic N) is 2. The van der Waals surface area contributed by atoms with E-state index in [4.69, 9.17) is 9.47 Å². The van der Waals surface area contributed by atoms with Crippen molar-refractivity contribution in [1.29, 1.82) is 0 Å². The summed E-state index contributed by atoms with van der Waals surface area (Å²) in [5.41, 5.74) is 3.02. The van der Waals surface area contributed by atoms with Crippen LogP contribution in [0.4, 0.5) is 11.4 Å². The third kappa shape index (κ3) is 5.20. The summed E-state index contributed by atoms with van der Waals surface area (Å²) in [4.78, 5) is 4.38. The quantitative estimate of drug-likeness (QED) is 0.530. The van der Waals surface area contributed by atoms with Gasteiger partial charge in [-0.15, -0.1) is 5.69 Å². The zero-order chi connectivity index (χ0) is 17.6. The third-order valence-corrected chi connectivity index (χ3v) is 5.26. The number of fused-ring (bicyclic) bond motifs is 1. The Balaban J connectivity index is 0.00000243. The summed E-state index contributed by atoms with van der Waals surface area (Å²) < 4.78 is 23.5. The van der Waals surface area contributed by atoms with E-state index in [-0.39, 0.29) is 29.6 Å². The fraction of sp³-hybridized carbons (Fsp3) is 0.389. The van der Waals surface area contributed by atoms with Crippen molar-refractivity contribution in [3.8, 4) is 5.75 Å². The Bertz CT molecular complexity index is 735. The molecule has 2 atom stereocenters. The number of hydrogen-bond acceptors (Lipinski definition) is 5. The summed E-state index contributed by atoms with van der Waals surface area (Å²) in [5.74, 6) is 1.11. The van der Waals surface area contributed by atoms with E-state index in [0.29, 0.717) is 19.0 Å². The largest absolute Gasteiger partial charge is 1.00 e. The molecule has 0 amide bonds. The van der Waals surface area contributed by atoms with E-state index in [1.54, 1.807) is 13.3 Å². The zero-order valence-electron chi connectivity index (χ0n) is 15.4.